The van der Waals surface area contributed by atoms with Gasteiger partial charge in [-0.15, -0.1) is 0 Å². The van der Waals surface area contributed by atoms with Crippen LogP contribution in [0.3, 0.4) is 0 Å². The number of rotatable bonds is 4. The quantitative estimate of drug-likeness (QED) is 0.489. The highest BCUT2D eigenvalue weighted by Gasteiger charge is 2.22. The second kappa shape index (κ2) is 3.72. The monoisotopic (exact) mass is 157 g/mol. The zero-order valence-corrected chi connectivity index (χ0v) is 6.88. The molecule has 0 saturated heterocycles. The standard InChI is InChI=1S/C8H15NO2/c1-6(9)11-8(10)5-4-7-2-3-7/h6-7H,2-5,9H2,1H3. The average Bonchev–Trinajstić information content (AvgIpc) is 2.63. The lowest BCUT2D eigenvalue weighted by molar-refractivity contribution is -0.148. The van der Waals surface area contributed by atoms with Gasteiger partial charge in [-0.25, -0.2) is 0 Å². The maximum absolute atomic E-state index is 10.9. The van der Waals surface area contributed by atoms with E-state index in [9.17, 15) is 4.79 Å². The third-order valence-corrected chi connectivity index (χ3v) is 1.77. The molecule has 1 fully saturated rings. The summed E-state index contributed by atoms with van der Waals surface area (Å²) in [6.07, 6.45) is 3.62. The van der Waals surface area contributed by atoms with E-state index in [0.717, 1.165) is 12.3 Å². The molecule has 1 atom stereocenters. The third-order valence-electron chi connectivity index (χ3n) is 1.77. The minimum absolute atomic E-state index is 0.160. The zero-order chi connectivity index (χ0) is 8.27. The first-order chi connectivity index (χ1) is 5.18. The minimum Gasteiger partial charge on any atom is -0.447 e. The van der Waals surface area contributed by atoms with E-state index in [-0.39, 0.29) is 5.97 Å². The van der Waals surface area contributed by atoms with Crippen molar-refractivity contribution < 1.29 is 9.53 Å². The highest BCUT2D eigenvalue weighted by molar-refractivity contribution is 5.69. The number of carbonyl (C=O) groups excluding carboxylic acids is 1. The summed E-state index contributed by atoms with van der Waals surface area (Å²) in [7, 11) is 0. The number of esters is 1. The van der Waals surface area contributed by atoms with E-state index >= 15 is 0 Å². The molecule has 1 rings (SSSR count). The van der Waals surface area contributed by atoms with Crippen LogP contribution in [0.1, 0.15) is 32.6 Å². The van der Waals surface area contributed by atoms with Gasteiger partial charge in [0, 0.05) is 6.42 Å². The Morgan fingerprint density at radius 1 is 1.73 bits per heavy atom. The van der Waals surface area contributed by atoms with Crippen molar-refractivity contribution >= 4 is 5.97 Å². The first kappa shape index (κ1) is 8.53. The molecule has 0 aliphatic heterocycles. The number of nitrogens with two attached hydrogens (primary N) is 1. The Labute approximate surface area is 66.9 Å². The summed E-state index contributed by atoms with van der Waals surface area (Å²) in [6, 6.07) is 0. The molecule has 1 aliphatic rings. The fourth-order valence-corrected chi connectivity index (χ4v) is 0.995. The van der Waals surface area contributed by atoms with Crippen molar-refractivity contribution in [3.05, 3.63) is 0 Å². The summed E-state index contributed by atoms with van der Waals surface area (Å²) in [5, 5.41) is 0. The van der Waals surface area contributed by atoms with Crippen LogP contribution in [0.15, 0.2) is 0 Å². The molecule has 0 aromatic carbocycles. The molecule has 0 heterocycles. The Balaban J connectivity index is 2.00. The molecule has 0 aromatic rings. The van der Waals surface area contributed by atoms with Crippen LogP contribution < -0.4 is 5.73 Å². The van der Waals surface area contributed by atoms with E-state index in [0.29, 0.717) is 6.42 Å². The molecule has 0 amide bonds. The fourth-order valence-electron chi connectivity index (χ4n) is 0.995. The molecule has 3 nitrogen and oxygen atoms in total. The molecule has 1 unspecified atom stereocenters. The zero-order valence-electron chi connectivity index (χ0n) is 6.88. The van der Waals surface area contributed by atoms with Gasteiger partial charge in [0.25, 0.3) is 0 Å². The fraction of sp³-hybridized carbons (Fsp3) is 0.875. The summed E-state index contributed by atoms with van der Waals surface area (Å²) in [5.74, 6) is 0.627. The van der Waals surface area contributed by atoms with E-state index in [1.807, 2.05) is 0 Å². The molecule has 64 valence electrons. The Kier molecular flexibility index (Phi) is 2.88. The molecule has 11 heavy (non-hydrogen) atoms. The minimum atomic E-state index is -0.457. The molecule has 1 saturated carbocycles. The van der Waals surface area contributed by atoms with Crippen LogP contribution in [0.25, 0.3) is 0 Å². The van der Waals surface area contributed by atoms with Gasteiger partial charge < -0.3 is 4.74 Å². The molecule has 2 N–H and O–H groups in total. The Morgan fingerprint density at radius 3 is 2.82 bits per heavy atom. The van der Waals surface area contributed by atoms with Crippen molar-refractivity contribution in [2.75, 3.05) is 0 Å². The molecular weight excluding hydrogens is 142 g/mol. The molecule has 3 heteroatoms. The average molecular weight is 157 g/mol. The van der Waals surface area contributed by atoms with Crippen LogP contribution in [0, 0.1) is 5.92 Å². The summed E-state index contributed by atoms with van der Waals surface area (Å²) < 4.78 is 4.77. The van der Waals surface area contributed by atoms with E-state index in [1.165, 1.54) is 12.8 Å². The van der Waals surface area contributed by atoms with Gasteiger partial charge in [0.1, 0.15) is 6.23 Å². The van der Waals surface area contributed by atoms with Crippen LogP contribution >= 0.6 is 0 Å². The van der Waals surface area contributed by atoms with Crippen molar-refractivity contribution in [2.45, 2.75) is 38.8 Å². The molecule has 0 spiro atoms. The van der Waals surface area contributed by atoms with Gasteiger partial charge in [-0.2, -0.15) is 0 Å². The van der Waals surface area contributed by atoms with Crippen LogP contribution in [-0.2, 0) is 9.53 Å². The number of hydrogen-bond donors (Lipinski definition) is 1. The van der Waals surface area contributed by atoms with Gasteiger partial charge in [0.05, 0.1) is 0 Å². The lowest BCUT2D eigenvalue weighted by atomic mass is 10.2. The normalized spacial score (nSPS) is 19.5. The summed E-state index contributed by atoms with van der Waals surface area (Å²) in [6.45, 7) is 1.66. The van der Waals surface area contributed by atoms with Gasteiger partial charge >= 0.3 is 5.97 Å². The van der Waals surface area contributed by atoms with Crippen molar-refractivity contribution in [1.82, 2.24) is 0 Å². The predicted octanol–water partition coefficient (Wildman–Crippen LogP) is 1.02. The first-order valence-corrected chi connectivity index (χ1v) is 4.13. The number of carbonyl (C=O) groups is 1. The second-order valence-corrected chi connectivity index (χ2v) is 3.18. The molecular formula is C8H15NO2. The van der Waals surface area contributed by atoms with Crippen LogP contribution in [-0.4, -0.2) is 12.2 Å². The van der Waals surface area contributed by atoms with Crippen LogP contribution in [0.5, 0.6) is 0 Å². The van der Waals surface area contributed by atoms with Gasteiger partial charge in [0.15, 0.2) is 0 Å². The highest BCUT2D eigenvalue weighted by atomic mass is 16.5. The maximum atomic E-state index is 10.9. The Hall–Kier alpha value is -0.570. The van der Waals surface area contributed by atoms with Crippen molar-refractivity contribution in [3.63, 3.8) is 0 Å². The predicted molar refractivity (Wildman–Crippen MR) is 41.7 cm³/mol. The van der Waals surface area contributed by atoms with Crippen molar-refractivity contribution in [1.29, 1.82) is 0 Å². The molecule has 0 bridgehead atoms. The van der Waals surface area contributed by atoms with E-state index in [2.05, 4.69) is 0 Å². The lowest BCUT2D eigenvalue weighted by Gasteiger charge is -2.06. The Morgan fingerprint density at radius 2 is 2.36 bits per heavy atom. The van der Waals surface area contributed by atoms with E-state index in [4.69, 9.17) is 10.5 Å². The summed E-state index contributed by atoms with van der Waals surface area (Å²) >= 11 is 0. The second-order valence-electron chi connectivity index (χ2n) is 3.18. The van der Waals surface area contributed by atoms with Crippen LogP contribution in [0.2, 0.25) is 0 Å². The number of hydrogen-bond acceptors (Lipinski definition) is 3. The largest absolute Gasteiger partial charge is 0.447 e. The van der Waals surface area contributed by atoms with Crippen molar-refractivity contribution in [3.8, 4) is 0 Å². The Bertz CT molecular complexity index is 141. The highest BCUT2D eigenvalue weighted by Crippen LogP contribution is 2.33. The number of ether oxygens (including phenoxy) is 1. The summed E-state index contributed by atoms with van der Waals surface area (Å²) in [4.78, 5) is 10.9. The van der Waals surface area contributed by atoms with E-state index < -0.39 is 6.23 Å². The van der Waals surface area contributed by atoms with Crippen LogP contribution in [0.4, 0.5) is 0 Å². The van der Waals surface area contributed by atoms with Gasteiger partial charge in [-0.1, -0.05) is 12.8 Å². The SMILES string of the molecule is CC(N)OC(=O)CCC1CC1. The summed E-state index contributed by atoms with van der Waals surface area (Å²) in [5.41, 5.74) is 5.27. The van der Waals surface area contributed by atoms with Gasteiger partial charge in [0.2, 0.25) is 0 Å². The van der Waals surface area contributed by atoms with E-state index in [1.54, 1.807) is 6.92 Å². The van der Waals surface area contributed by atoms with Gasteiger partial charge in [-0.05, 0) is 19.3 Å². The smallest absolute Gasteiger partial charge is 0.307 e. The molecule has 1 aliphatic carbocycles. The first-order valence-electron chi connectivity index (χ1n) is 4.13. The maximum Gasteiger partial charge on any atom is 0.307 e. The molecule has 0 aromatic heterocycles. The third kappa shape index (κ3) is 3.98. The molecule has 0 radical (unpaired) electrons. The lowest BCUT2D eigenvalue weighted by Crippen LogP contribution is -2.23. The van der Waals surface area contributed by atoms with Gasteiger partial charge in [-0.3, -0.25) is 10.5 Å². The van der Waals surface area contributed by atoms with Crippen molar-refractivity contribution in [2.24, 2.45) is 11.7 Å². The topological polar surface area (TPSA) is 52.3 Å².